The summed E-state index contributed by atoms with van der Waals surface area (Å²) in [5.41, 5.74) is -1.14. The van der Waals surface area contributed by atoms with Crippen molar-refractivity contribution in [1.29, 1.82) is 0 Å². The monoisotopic (exact) mass is 256 g/mol. The van der Waals surface area contributed by atoms with Crippen LogP contribution in [0.1, 0.15) is 19.3 Å². The number of likely N-dealkylation sites (tertiary alicyclic amines) is 1. The molecule has 1 rings (SSSR count). The Hall–Kier alpha value is -1.56. The summed E-state index contributed by atoms with van der Waals surface area (Å²) in [6.07, 6.45) is 3.08. The Morgan fingerprint density at radius 1 is 1.50 bits per heavy atom. The minimum Gasteiger partial charge on any atom is -0.479 e. The van der Waals surface area contributed by atoms with E-state index in [9.17, 15) is 9.59 Å². The molecule has 1 fully saturated rings. The standard InChI is InChI=1S/C12H20N2O4/c1-3-4-7-13-11(17)14-8-5-12(18-2,6-9-14)10(15)16/h3H,1,4-9H2,2H3,(H,13,17)(H,15,16). The fraction of sp³-hybridized carbons (Fsp3) is 0.667. The molecule has 1 aliphatic rings. The van der Waals surface area contributed by atoms with Crippen molar-refractivity contribution in [2.75, 3.05) is 26.7 Å². The second kappa shape index (κ2) is 6.39. The number of nitrogens with one attached hydrogen (secondary N) is 1. The van der Waals surface area contributed by atoms with Crippen LogP contribution in [0.25, 0.3) is 0 Å². The van der Waals surface area contributed by atoms with E-state index in [1.54, 1.807) is 11.0 Å². The van der Waals surface area contributed by atoms with Crippen LogP contribution in [-0.4, -0.2) is 54.4 Å². The summed E-state index contributed by atoms with van der Waals surface area (Å²) in [6, 6.07) is -0.160. The number of hydrogen-bond donors (Lipinski definition) is 2. The van der Waals surface area contributed by atoms with E-state index < -0.39 is 11.6 Å². The predicted octanol–water partition coefficient (Wildman–Crippen LogP) is 0.838. The van der Waals surface area contributed by atoms with Gasteiger partial charge in [0.05, 0.1) is 0 Å². The number of carbonyl (C=O) groups is 2. The molecule has 6 heteroatoms. The van der Waals surface area contributed by atoms with E-state index >= 15 is 0 Å². The lowest BCUT2D eigenvalue weighted by Crippen LogP contribution is -2.53. The molecular formula is C12H20N2O4. The molecule has 6 nitrogen and oxygen atoms in total. The van der Waals surface area contributed by atoms with Crippen molar-refractivity contribution >= 4 is 12.0 Å². The number of methoxy groups -OCH3 is 1. The molecule has 2 N–H and O–H groups in total. The third kappa shape index (κ3) is 3.22. The minimum atomic E-state index is -1.14. The normalized spacial score (nSPS) is 18.2. The predicted molar refractivity (Wildman–Crippen MR) is 66.4 cm³/mol. The molecule has 1 heterocycles. The Morgan fingerprint density at radius 3 is 2.56 bits per heavy atom. The maximum atomic E-state index is 11.7. The first kappa shape index (κ1) is 14.5. The topological polar surface area (TPSA) is 78.9 Å². The van der Waals surface area contributed by atoms with Gasteiger partial charge in [-0.1, -0.05) is 6.08 Å². The van der Waals surface area contributed by atoms with Gasteiger partial charge in [0.2, 0.25) is 0 Å². The number of carboxylic acids is 1. The summed E-state index contributed by atoms with van der Waals surface area (Å²) in [6.45, 7) is 4.90. The highest BCUT2D eigenvalue weighted by Crippen LogP contribution is 2.26. The lowest BCUT2D eigenvalue weighted by Gasteiger charge is -2.37. The number of nitrogens with zero attached hydrogens (tertiary/aromatic N) is 1. The molecule has 0 aliphatic carbocycles. The fourth-order valence-electron chi connectivity index (χ4n) is 1.97. The number of carbonyl (C=O) groups excluding carboxylic acids is 1. The van der Waals surface area contributed by atoms with Gasteiger partial charge in [0.15, 0.2) is 5.60 Å². The number of hydrogen-bond acceptors (Lipinski definition) is 3. The molecule has 0 aromatic carbocycles. The molecule has 0 bridgehead atoms. The summed E-state index contributed by atoms with van der Waals surface area (Å²) in [4.78, 5) is 24.5. The molecule has 0 aromatic heterocycles. The fourth-order valence-corrected chi connectivity index (χ4v) is 1.97. The van der Waals surface area contributed by atoms with Gasteiger partial charge < -0.3 is 20.1 Å². The number of urea groups is 1. The van der Waals surface area contributed by atoms with Crippen LogP contribution in [0.4, 0.5) is 4.79 Å². The van der Waals surface area contributed by atoms with Gasteiger partial charge in [-0.05, 0) is 6.42 Å². The second-order valence-corrected chi connectivity index (χ2v) is 4.30. The molecule has 0 spiro atoms. The zero-order chi connectivity index (χ0) is 13.6. The third-order valence-corrected chi connectivity index (χ3v) is 3.26. The van der Waals surface area contributed by atoms with Crippen LogP contribution in [0.2, 0.25) is 0 Å². The van der Waals surface area contributed by atoms with Crippen LogP contribution in [0.3, 0.4) is 0 Å². The van der Waals surface area contributed by atoms with E-state index in [1.807, 2.05) is 0 Å². The lowest BCUT2D eigenvalue weighted by atomic mass is 9.91. The highest BCUT2D eigenvalue weighted by molar-refractivity contribution is 5.79. The van der Waals surface area contributed by atoms with Crippen molar-refractivity contribution in [1.82, 2.24) is 10.2 Å². The van der Waals surface area contributed by atoms with Gasteiger partial charge in [-0.15, -0.1) is 6.58 Å². The van der Waals surface area contributed by atoms with Crippen LogP contribution in [0, 0.1) is 0 Å². The molecule has 102 valence electrons. The second-order valence-electron chi connectivity index (χ2n) is 4.30. The van der Waals surface area contributed by atoms with Crippen molar-refractivity contribution in [3.63, 3.8) is 0 Å². The molecular weight excluding hydrogens is 236 g/mol. The number of amides is 2. The van der Waals surface area contributed by atoms with Crippen LogP contribution < -0.4 is 5.32 Å². The molecule has 18 heavy (non-hydrogen) atoms. The van der Waals surface area contributed by atoms with Gasteiger partial charge >= 0.3 is 12.0 Å². The van der Waals surface area contributed by atoms with Gasteiger partial charge in [-0.25, -0.2) is 9.59 Å². The average molecular weight is 256 g/mol. The summed E-state index contributed by atoms with van der Waals surface area (Å²) in [7, 11) is 1.40. The zero-order valence-corrected chi connectivity index (χ0v) is 10.6. The molecule has 0 unspecified atom stereocenters. The molecule has 1 aliphatic heterocycles. The number of rotatable bonds is 5. The van der Waals surface area contributed by atoms with E-state index in [0.717, 1.165) is 6.42 Å². The molecule has 0 radical (unpaired) electrons. The Labute approximate surface area is 107 Å². The lowest BCUT2D eigenvalue weighted by molar-refractivity contribution is -0.167. The van der Waals surface area contributed by atoms with E-state index in [4.69, 9.17) is 9.84 Å². The number of aliphatic carboxylic acids is 1. The smallest absolute Gasteiger partial charge is 0.336 e. The van der Waals surface area contributed by atoms with E-state index in [0.29, 0.717) is 32.5 Å². The molecule has 0 saturated carbocycles. The van der Waals surface area contributed by atoms with Crippen LogP contribution in [0.5, 0.6) is 0 Å². The molecule has 2 amide bonds. The van der Waals surface area contributed by atoms with Gasteiger partial charge in [0.1, 0.15) is 0 Å². The Kier molecular flexibility index (Phi) is 5.15. The average Bonchev–Trinajstić information content (AvgIpc) is 2.38. The van der Waals surface area contributed by atoms with Crippen molar-refractivity contribution in [2.24, 2.45) is 0 Å². The maximum Gasteiger partial charge on any atom is 0.336 e. The summed E-state index contributed by atoms with van der Waals surface area (Å²) >= 11 is 0. The van der Waals surface area contributed by atoms with Crippen molar-refractivity contribution in [3.8, 4) is 0 Å². The van der Waals surface area contributed by atoms with Gasteiger partial charge in [0, 0.05) is 39.6 Å². The van der Waals surface area contributed by atoms with Crippen LogP contribution in [-0.2, 0) is 9.53 Å². The van der Waals surface area contributed by atoms with Crippen molar-refractivity contribution < 1.29 is 19.4 Å². The van der Waals surface area contributed by atoms with Crippen molar-refractivity contribution in [2.45, 2.75) is 24.9 Å². The SMILES string of the molecule is C=CCCNC(=O)N1CCC(OC)(C(=O)O)CC1. The highest BCUT2D eigenvalue weighted by atomic mass is 16.5. The quantitative estimate of drug-likeness (QED) is 0.564. The molecule has 1 saturated heterocycles. The van der Waals surface area contributed by atoms with E-state index in [2.05, 4.69) is 11.9 Å². The number of carboxylic acid groups (broad SMARTS) is 1. The van der Waals surface area contributed by atoms with Crippen LogP contribution in [0.15, 0.2) is 12.7 Å². The summed E-state index contributed by atoms with van der Waals surface area (Å²) < 4.78 is 5.10. The Morgan fingerprint density at radius 2 is 2.11 bits per heavy atom. The largest absolute Gasteiger partial charge is 0.479 e. The first-order chi connectivity index (χ1) is 8.55. The minimum absolute atomic E-state index is 0.160. The Balaban J connectivity index is 2.45. The zero-order valence-electron chi connectivity index (χ0n) is 10.6. The number of ether oxygens (including phenoxy) is 1. The van der Waals surface area contributed by atoms with Gasteiger partial charge in [-0.3, -0.25) is 0 Å². The van der Waals surface area contributed by atoms with Gasteiger partial charge in [-0.2, -0.15) is 0 Å². The third-order valence-electron chi connectivity index (χ3n) is 3.26. The Bertz CT molecular complexity index is 322. The van der Waals surface area contributed by atoms with Gasteiger partial charge in [0.25, 0.3) is 0 Å². The highest BCUT2D eigenvalue weighted by Gasteiger charge is 2.42. The first-order valence-corrected chi connectivity index (χ1v) is 5.98. The maximum absolute atomic E-state index is 11.7. The van der Waals surface area contributed by atoms with E-state index in [-0.39, 0.29) is 6.03 Å². The molecule has 0 atom stereocenters. The van der Waals surface area contributed by atoms with Crippen LogP contribution >= 0.6 is 0 Å². The first-order valence-electron chi connectivity index (χ1n) is 5.98. The number of piperidine rings is 1. The summed E-state index contributed by atoms with van der Waals surface area (Å²) in [5.74, 6) is -0.961. The van der Waals surface area contributed by atoms with E-state index in [1.165, 1.54) is 7.11 Å². The summed E-state index contributed by atoms with van der Waals surface area (Å²) in [5, 5.41) is 11.9. The van der Waals surface area contributed by atoms with Crippen molar-refractivity contribution in [3.05, 3.63) is 12.7 Å². The molecule has 0 aromatic rings.